The molecule has 0 aromatic carbocycles. The highest BCUT2D eigenvalue weighted by Crippen LogP contribution is 2.18. The molecular formula is C12H26O. The Balaban J connectivity index is 3.31. The van der Waals surface area contributed by atoms with Crippen molar-refractivity contribution in [1.29, 1.82) is 0 Å². The lowest BCUT2D eigenvalue weighted by Crippen LogP contribution is -2.18. The van der Waals surface area contributed by atoms with Crippen LogP contribution >= 0.6 is 0 Å². The van der Waals surface area contributed by atoms with E-state index in [1.165, 1.54) is 25.7 Å². The molecule has 1 heteroatoms. The van der Waals surface area contributed by atoms with Gasteiger partial charge in [-0.25, -0.2) is 0 Å². The topological polar surface area (TPSA) is 20.2 Å². The van der Waals surface area contributed by atoms with Crippen molar-refractivity contribution in [3.8, 4) is 0 Å². The summed E-state index contributed by atoms with van der Waals surface area (Å²) in [4.78, 5) is 0. The molecule has 0 spiro atoms. The van der Waals surface area contributed by atoms with Crippen molar-refractivity contribution in [2.45, 2.75) is 71.8 Å². The van der Waals surface area contributed by atoms with Gasteiger partial charge in [0.2, 0.25) is 0 Å². The zero-order valence-corrected chi connectivity index (χ0v) is 9.77. The smallest absolute Gasteiger partial charge is 0.0591 e. The van der Waals surface area contributed by atoms with Crippen LogP contribution in [0.1, 0.15) is 66.2 Å². The molecule has 0 aliphatic rings. The fraction of sp³-hybridized carbons (Fsp3) is 1.00. The number of unbranched alkanes of at least 4 members (excludes halogenated alkanes) is 1. The van der Waals surface area contributed by atoms with E-state index in [1.54, 1.807) is 0 Å². The molecule has 0 saturated carbocycles. The Morgan fingerprint density at radius 3 is 2.15 bits per heavy atom. The second-order valence-corrected chi connectivity index (χ2v) is 4.95. The van der Waals surface area contributed by atoms with E-state index in [2.05, 4.69) is 13.8 Å². The summed E-state index contributed by atoms with van der Waals surface area (Å²) in [6.45, 7) is 8.34. The second kappa shape index (κ2) is 6.42. The Kier molecular flexibility index (Phi) is 6.40. The van der Waals surface area contributed by atoms with E-state index in [1.807, 2.05) is 13.8 Å². The van der Waals surface area contributed by atoms with E-state index in [-0.39, 0.29) is 0 Å². The van der Waals surface area contributed by atoms with Crippen molar-refractivity contribution in [2.75, 3.05) is 0 Å². The van der Waals surface area contributed by atoms with E-state index in [4.69, 9.17) is 0 Å². The fourth-order valence-electron chi connectivity index (χ4n) is 1.58. The standard InChI is InChI=1S/C12H26O/c1-5-6-8-11(2)9-7-10-12(3,4)13/h11,13H,5-10H2,1-4H3. The maximum absolute atomic E-state index is 9.51. The summed E-state index contributed by atoms with van der Waals surface area (Å²) in [6.07, 6.45) is 7.36. The first-order valence-corrected chi connectivity index (χ1v) is 5.68. The summed E-state index contributed by atoms with van der Waals surface area (Å²) in [6, 6.07) is 0. The zero-order chi connectivity index (χ0) is 10.3. The third-order valence-electron chi connectivity index (χ3n) is 2.54. The molecule has 13 heavy (non-hydrogen) atoms. The maximum atomic E-state index is 9.51. The van der Waals surface area contributed by atoms with Crippen LogP contribution in [0.4, 0.5) is 0 Å². The minimum Gasteiger partial charge on any atom is -0.390 e. The van der Waals surface area contributed by atoms with E-state index >= 15 is 0 Å². The molecule has 0 aliphatic heterocycles. The van der Waals surface area contributed by atoms with Crippen molar-refractivity contribution < 1.29 is 5.11 Å². The first kappa shape index (κ1) is 13.0. The van der Waals surface area contributed by atoms with Gasteiger partial charge in [-0.2, -0.15) is 0 Å². The molecule has 1 atom stereocenters. The first-order valence-electron chi connectivity index (χ1n) is 5.68. The largest absolute Gasteiger partial charge is 0.390 e. The lowest BCUT2D eigenvalue weighted by Gasteiger charge is -2.18. The molecule has 0 aromatic heterocycles. The van der Waals surface area contributed by atoms with Gasteiger partial charge in [-0.05, 0) is 26.2 Å². The van der Waals surface area contributed by atoms with Gasteiger partial charge < -0.3 is 5.11 Å². The molecule has 0 rings (SSSR count). The van der Waals surface area contributed by atoms with E-state index < -0.39 is 5.60 Å². The van der Waals surface area contributed by atoms with Gasteiger partial charge in [0.1, 0.15) is 0 Å². The van der Waals surface area contributed by atoms with Gasteiger partial charge in [0.05, 0.1) is 5.60 Å². The van der Waals surface area contributed by atoms with Crippen LogP contribution in [0.5, 0.6) is 0 Å². The summed E-state index contributed by atoms with van der Waals surface area (Å²) < 4.78 is 0. The highest BCUT2D eigenvalue weighted by atomic mass is 16.3. The van der Waals surface area contributed by atoms with Crippen molar-refractivity contribution in [2.24, 2.45) is 5.92 Å². The number of hydrogen-bond donors (Lipinski definition) is 1. The van der Waals surface area contributed by atoms with Gasteiger partial charge in [0.15, 0.2) is 0 Å². The van der Waals surface area contributed by atoms with Crippen molar-refractivity contribution >= 4 is 0 Å². The van der Waals surface area contributed by atoms with E-state index in [0.29, 0.717) is 0 Å². The molecule has 1 unspecified atom stereocenters. The van der Waals surface area contributed by atoms with E-state index in [9.17, 15) is 5.11 Å². The van der Waals surface area contributed by atoms with Crippen LogP contribution in [-0.4, -0.2) is 10.7 Å². The highest BCUT2D eigenvalue weighted by Gasteiger charge is 2.12. The Hall–Kier alpha value is -0.0400. The van der Waals surface area contributed by atoms with Crippen LogP contribution in [0.25, 0.3) is 0 Å². The normalized spacial score (nSPS) is 14.5. The molecule has 1 nitrogen and oxygen atoms in total. The lowest BCUT2D eigenvalue weighted by molar-refractivity contribution is 0.0669. The summed E-state index contributed by atoms with van der Waals surface area (Å²) in [5.41, 5.74) is -0.468. The van der Waals surface area contributed by atoms with Crippen LogP contribution < -0.4 is 0 Å². The van der Waals surface area contributed by atoms with Gasteiger partial charge >= 0.3 is 0 Å². The van der Waals surface area contributed by atoms with Crippen LogP contribution in [0.2, 0.25) is 0 Å². The second-order valence-electron chi connectivity index (χ2n) is 4.95. The number of rotatable bonds is 7. The maximum Gasteiger partial charge on any atom is 0.0591 e. The highest BCUT2D eigenvalue weighted by molar-refractivity contribution is 4.65. The zero-order valence-electron chi connectivity index (χ0n) is 9.77. The van der Waals surface area contributed by atoms with Crippen LogP contribution in [0.15, 0.2) is 0 Å². The first-order chi connectivity index (χ1) is 5.95. The Morgan fingerprint density at radius 2 is 1.69 bits per heavy atom. The van der Waals surface area contributed by atoms with Crippen LogP contribution in [0.3, 0.4) is 0 Å². The summed E-state index contributed by atoms with van der Waals surface area (Å²) in [5.74, 6) is 0.835. The molecule has 1 N–H and O–H groups in total. The van der Waals surface area contributed by atoms with Crippen LogP contribution in [0, 0.1) is 5.92 Å². The van der Waals surface area contributed by atoms with Crippen molar-refractivity contribution in [1.82, 2.24) is 0 Å². The average molecular weight is 186 g/mol. The average Bonchev–Trinajstić information content (AvgIpc) is 1.98. The Morgan fingerprint density at radius 1 is 1.15 bits per heavy atom. The third-order valence-corrected chi connectivity index (χ3v) is 2.54. The summed E-state index contributed by atoms with van der Waals surface area (Å²) in [7, 11) is 0. The van der Waals surface area contributed by atoms with Gasteiger partial charge in [-0.1, -0.05) is 46.0 Å². The predicted molar refractivity (Wildman–Crippen MR) is 58.8 cm³/mol. The fourth-order valence-corrected chi connectivity index (χ4v) is 1.58. The minimum absolute atomic E-state index is 0.468. The Bertz CT molecular complexity index is 113. The summed E-state index contributed by atoms with van der Waals surface area (Å²) >= 11 is 0. The lowest BCUT2D eigenvalue weighted by atomic mass is 9.94. The molecule has 0 heterocycles. The molecule has 0 saturated heterocycles. The van der Waals surface area contributed by atoms with Gasteiger partial charge in [0, 0.05) is 0 Å². The molecule has 0 radical (unpaired) electrons. The van der Waals surface area contributed by atoms with Crippen molar-refractivity contribution in [3.05, 3.63) is 0 Å². The number of hydrogen-bond acceptors (Lipinski definition) is 1. The predicted octanol–water partition coefficient (Wildman–Crippen LogP) is 3.75. The SMILES string of the molecule is CCCCC(C)CCCC(C)(C)O. The van der Waals surface area contributed by atoms with Gasteiger partial charge in [-0.15, -0.1) is 0 Å². The molecule has 0 aliphatic carbocycles. The molecule has 0 aromatic rings. The molecular weight excluding hydrogens is 160 g/mol. The quantitative estimate of drug-likeness (QED) is 0.642. The minimum atomic E-state index is -0.468. The van der Waals surface area contributed by atoms with Gasteiger partial charge in [0.25, 0.3) is 0 Å². The monoisotopic (exact) mass is 186 g/mol. The summed E-state index contributed by atoms with van der Waals surface area (Å²) in [5, 5.41) is 9.51. The Labute approximate surface area is 83.5 Å². The molecule has 0 bridgehead atoms. The third kappa shape index (κ3) is 9.88. The van der Waals surface area contributed by atoms with Crippen molar-refractivity contribution in [3.63, 3.8) is 0 Å². The van der Waals surface area contributed by atoms with Crippen LogP contribution in [-0.2, 0) is 0 Å². The molecule has 0 amide bonds. The molecule has 80 valence electrons. The van der Waals surface area contributed by atoms with Gasteiger partial charge in [-0.3, -0.25) is 0 Å². The molecule has 0 fully saturated rings. The van der Waals surface area contributed by atoms with E-state index in [0.717, 1.165) is 18.8 Å². The number of aliphatic hydroxyl groups is 1.